The van der Waals surface area contributed by atoms with Crippen LogP contribution in [0.15, 0.2) is 24.3 Å². The predicted octanol–water partition coefficient (Wildman–Crippen LogP) is 2.13. The Morgan fingerprint density at radius 3 is 2.78 bits per heavy atom. The fraction of sp³-hybridized carbons (Fsp3) is 0.500. The molecule has 3 N–H and O–H groups in total. The number of rotatable bonds is 3. The number of H-pyrrole nitrogens is 1. The van der Waals surface area contributed by atoms with Gasteiger partial charge < -0.3 is 15.6 Å². The second-order valence-corrected chi connectivity index (χ2v) is 5.09. The Morgan fingerprint density at radius 2 is 2.06 bits per heavy atom. The number of hydrogen-bond acceptors (Lipinski definition) is 3. The molecule has 2 aromatic rings. The zero-order chi connectivity index (χ0) is 12.4. The molecule has 4 heteroatoms. The first-order chi connectivity index (χ1) is 8.86. The van der Waals surface area contributed by atoms with Crippen LogP contribution in [0.4, 0.5) is 5.95 Å². The highest BCUT2D eigenvalue weighted by atomic mass is 15.3. The maximum Gasteiger partial charge on any atom is 0.203 e. The minimum absolute atomic E-state index is 0.802. The molecule has 0 amide bonds. The molecule has 0 bridgehead atoms. The van der Waals surface area contributed by atoms with Crippen LogP contribution in [0, 0.1) is 5.92 Å². The van der Waals surface area contributed by atoms with Crippen LogP contribution in [-0.2, 0) is 0 Å². The molecule has 1 saturated heterocycles. The molecule has 0 radical (unpaired) electrons. The van der Waals surface area contributed by atoms with Crippen molar-refractivity contribution in [3.05, 3.63) is 24.3 Å². The molecule has 1 aliphatic heterocycles. The molecule has 96 valence electrons. The fourth-order valence-corrected chi connectivity index (χ4v) is 2.76. The number of imidazole rings is 1. The first-order valence-corrected chi connectivity index (χ1v) is 6.76. The van der Waals surface area contributed by atoms with Gasteiger partial charge in [0.15, 0.2) is 0 Å². The van der Waals surface area contributed by atoms with Crippen molar-refractivity contribution in [3.63, 3.8) is 0 Å². The highest BCUT2D eigenvalue weighted by Crippen LogP contribution is 2.24. The Hall–Kier alpha value is -1.55. The number of hydrogen-bond donors (Lipinski definition) is 2. The summed E-state index contributed by atoms with van der Waals surface area (Å²) >= 11 is 0. The Bertz CT molecular complexity index is 478. The molecule has 1 aromatic carbocycles. The van der Waals surface area contributed by atoms with Crippen molar-refractivity contribution in [3.8, 4) is 0 Å². The predicted molar refractivity (Wildman–Crippen MR) is 74.7 cm³/mol. The second-order valence-electron chi connectivity index (χ2n) is 5.09. The number of nitrogens with two attached hydrogens (primary N) is 1. The lowest BCUT2D eigenvalue weighted by Crippen LogP contribution is -2.34. The maximum absolute atomic E-state index is 5.62. The van der Waals surface area contributed by atoms with E-state index < -0.39 is 0 Å². The molecular weight excluding hydrogens is 224 g/mol. The SMILES string of the molecule is NCCC1CCN(c2nc3ccccc3[nH]2)CC1. The largest absolute Gasteiger partial charge is 0.342 e. The Labute approximate surface area is 107 Å². The summed E-state index contributed by atoms with van der Waals surface area (Å²) in [6, 6.07) is 8.20. The molecule has 4 nitrogen and oxygen atoms in total. The maximum atomic E-state index is 5.62. The minimum Gasteiger partial charge on any atom is -0.342 e. The summed E-state index contributed by atoms with van der Waals surface area (Å²) < 4.78 is 0. The quantitative estimate of drug-likeness (QED) is 0.869. The van der Waals surface area contributed by atoms with E-state index in [1.165, 1.54) is 12.8 Å². The molecular formula is C14H20N4. The van der Waals surface area contributed by atoms with E-state index in [9.17, 15) is 0 Å². The van der Waals surface area contributed by atoms with Crippen molar-refractivity contribution in [2.24, 2.45) is 11.7 Å². The van der Waals surface area contributed by atoms with Crippen LogP contribution >= 0.6 is 0 Å². The molecule has 1 aliphatic rings. The Balaban J connectivity index is 1.72. The normalized spacial score (nSPS) is 17.5. The molecule has 3 rings (SSSR count). The number of para-hydroxylation sites is 2. The summed E-state index contributed by atoms with van der Waals surface area (Å²) in [5.41, 5.74) is 7.80. The molecule has 0 spiro atoms. The van der Waals surface area contributed by atoms with Crippen LogP contribution in [0.3, 0.4) is 0 Å². The van der Waals surface area contributed by atoms with E-state index >= 15 is 0 Å². The molecule has 0 saturated carbocycles. The molecule has 0 unspecified atom stereocenters. The van der Waals surface area contributed by atoms with E-state index in [1.807, 2.05) is 12.1 Å². The lowest BCUT2D eigenvalue weighted by molar-refractivity contribution is 0.384. The number of anilines is 1. The van der Waals surface area contributed by atoms with Crippen LogP contribution in [-0.4, -0.2) is 29.6 Å². The van der Waals surface area contributed by atoms with Gasteiger partial charge in [-0.25, -0.2) is 4.98 Å². The Morgan fingerprint density at radius 1 is 1.28 bits per heavy atom. The van der Waals surface area contributed by atoms with Crippen LogP contribution in [0.25, 0.3) is 11.0 Å². The van der Waals surface area contributed by atoms with Gasteiger partial charge in [0.1, 0.15) is 0 Å². The minimum atomic E-state index is 0.802. The van der Waals surface area contributed by atoms with E-state index in [0.717, 1.165) is 49.0 Å². The molecule has 0 aliphatic carbocycles. The number of aromatic nitrogens is 2. The number of aromatic amines is 1. The number of benzene rings is 1. The topological polar surface area (TPSA) is 57.9 Å². The van der Waals surface area contributed by atoms with Gasteiger partial charge in [-0.05, 0) is 43.9 Å². The van der Waals surface area contributed by atoms with Gasteiger partial charge in [-0.1, -0.05) is 12.1 Å². The fourth-order valence-electron chi connectivity index (χ4n) is 2.76. The monoisotopic (exact) mass is 244 g/mol. The third kappa shape index (κ3) is 2.20. The van der Waals surface area contributed by atoms with Gasteiger partial charge in [0.05, 0.1) is 11.0 Å². The van der Waals surface area contributed by atoms with E-state index in [2.05, 4.69) is 27.0 Å². The first kappa shape index (κ1) is 11.5. The number of fused-ring (bicyclic) bond motifs is 1. The van der Waals surface area contributed by atoms with E-state index in [0.29, 0.717) is 0 Å². The van der Waals surface area contributed by atoms with E-state index in [-0.39, 0.29) is 0 Å². The molecule has 1 fully saturated rings. The van der Waals surface area contributed by atoms with Gasteiger partial charge in [-0.2, -0.15) is 0 Å². The van der Waals surface area contributed by atoms with Gasteiger partial charge in [-0.3, -0.25) is 0 Å². The first-order valence-electron chi connectivity index (χ1n) is 6.76. The summed E-state index contributed by atoms with van der Waals surface area (Å²) in [6.07, 6.45) is 3.62. The summed E-state index contributed by atoms with van der Waals surface area (Å²) in [4.78, 5) is 10.4. The van der Waals surface area contributed by atoms with Crippen molar-refractivity contribution in [1.29, 1.82) is 0 Å². The van der Waals surface area contributed by atoms with Crippen molar-refractivity contribution in [1.82, 2.24) is 9.97 Å². The average Bonchev–Trinajstić information content (AvgIpc) is 2.84. The number of piperidine rings is 1. The summed E-state index contributed by atoms with van der Waals surface area (Å²) in [5, 5.41) is 0. The van der Waals surface area contributed by atoms with Gasteiger partial charge in [0.2, 0.25) is 5.95 Å². The second kappa shape index (κ2) is 4.98. The van der Waals surface area contributed by atoms with Crippen LogP contribution in [0.2, 0.25) is 0 Å². The zero-order valence-electron chi connectivity index (χ0n) is 10.6. The van der Waals surface area contributed by atoms with Crippen LogP contribution in [0.1, 0.15) is 19.3 Å². The molecule has 18 heavy (non-hydrogen) atoms. The molecule has 1 aromatic heterocycles. The summed E-state index contributed by atoms with van der Waals surface area (Å²) in [6.45, 7) is 2.99. The van der Waals surface area contributed by atoms with Crippen LogP contribution < -0.4 is 10.6 Å². The standard InChI is InChI=1S/C14H20N4/c15-8-5-11-6-9-18(10-7-11)14-16-12-3-1-2-4-13(12)17-14/h1-4,11H,5-10,15H2,(H,16,17). The lowest BCUT2D eigenvalue weighted by Gasteiger charge is -2.31. The van der Waals surface area contributed by atoms with E-state index in [1.54, 1.807) is 0 Å². The Kier molecular flexibility index (Phi) is 3.19. The van der Waals surface area contributed by atoms with E-state index in [4.69, 9.17) is 5.73 Å². The highest BCUT2D eigenvalue weighted by Gasteiger charge is 2.20. The van der Waals surface area contributed by atoms with Crippen molar-refractivity contribution in [2.45, 2.75) is 19.3 Å². The van der Waals surface area contributed by atoms with Crippen LogP contribution in [0.5, 0.6) is 0 Å². The molecule has 0 atom stereocenters. The summed E-state index contributed by atoms with van der Waals surface area (Å²) in [5.74, 6) is 1.82. The van der Waals surface area contributed by atoms with Crippen molar-refractivity contribution in [2.75, 3.05) is 24.5 Å². The van der Waals surface area contributed by atoms with Gasteiger partial charge in [0, 0.05) is 13.1 Å². The van der Waals surface area contributed by atoms with Crippen molar-refractivity contribution < 1.29 is 0 Å². The zero-order valence-corrected chi connectivity index (χ0v) is 10.6. The third-order valence-electron chi connectivity index (χ3n) is 3.87. The lowest BCUT2D eigenvalue weighted by atomic mass is 9.94. The average molecular weight is 244 g/mol. The molecule has 2 heterocycles. The van der Waals surface area contributed by atoms with Crippen molar-refractivity contribution >= 4 is 17.0 Å². The summed E-state index contributed by atoms with van der Waals surface area (Å²) in [7, 11) is 0. The number of nitrogens with one attached hydrogen (secondary N) is 1. The van der Waals surface area contributed by atoms with Gasteiger partial charge in [0.25, 0.3) is 0 Å². The van der Waals surface area contributed by atoms with Gasteiger partial charge in [-0.15, -0.1) is 0 Å². The number of nitrogens with zero attached hydrogens (tertiary/aromatic N) is 2. The third-order valence-corrected chi connectivity index (χ3v) is 3.87. The van der Waals surface area contributed by atoms with Gasteiger partial charge >= 0.3 is 0 Å². The highest BCUT2D eigenvalue weighted by molar-refractivity contribution is 5.77. The smallest absolute Gasteiger partial charge is 0.203 e.